The van der Waals surface area contributed by atoms with Crippen LogP contribution >= 0.6 is 0 Å². The van der Waals surface area contributed by atoms with Gasteiger partial charge in [0.05, 0.1) is 12.3 Å². The Labute approximate surface area is 75.7 Å². The van der Waals surface area contributed by atoms with E-state index in [1.54, 1.807) is 12.1 Å². The van der Waals surface area contributed by atoms with Crippen LogP contribution in [0.2, 0.25) is 0 Å². The lowest BCUT2D eigenvalue weighted by Crippen LogP contribution is -2.32. The maximum atomic E-state index is 12.8. The zero-order valence-electron chi connectivity index (χ0n) is 7.63. The van der Waals surface area contributed by atoms with Crippen LogP contribution in [0.3, 0.4) is 0 Å². The fourth-order valence-corrected chi connectivity index (χ4v) is 1.04. The maximum Gasteiger partial charge on any atom is 0.249 e. The summed E-state index contributed by atoms with van der Waals surface area (Å²) in [6.07, 6.45) is 1.43. The Kier molecular flexibility index (Phi) is 2.71. The highest BCUT2D eigenvalue weighted by Gasteiger charge is 2.36. The molecule has 2 nitrogen and oxygen atoms in total. The molecular weight excluding hydrogens is 176 g/mol. The van der Waals surface area contributed by atoms with Crippen LogP contribution in [0.15, 0.2) is 22.8 Å². The molecule has 0 aliphatic heterocycles. The summed E-state index contributed by atoms with van der Waals surface area (Å²) < 4.78 is 30.6. The highest BCUT2D eigenvalue weighted by Crippen LogP contribution is 2.32. The van der Waals surface area contributed by atoms with Gasteiger partial charge in [-0.1, -0.05) is 6.92 Å². The minimum absolute atomic E-state index is 0.397. The van der Waals surface area contributed by atoms with Crippen molar-refractivity contribution in [2.24, 2.45) is 11.7 Å². The molecule has 13 heavy (non-hydrogen) atoms. The quantitative estimate of drug-likeness (QED) is 0.793. The second kappa shape index (κ2) is 3.46. The van der Waals surface area contributed by atoms with Gasteiger partial charge in [-0.15, -0.1) is 0 Å². The molecule has 0 aliphatic rings. The van der Waals surface area contributed by atoms with Gasteiger partial charge >= 0.3 is 0 Å². The molecule has 1 aromatic heterocycles. The van der Waals surface area contributed by atoms with Crippen LogP contribution in [0.1, 0.15) is 25.6 Å². The van der Waals surface area contributed by atoms with E-state index in [4.69, 9.17) is 10.2 Å². The van der Waals surface area contributed by atoms with Crippen LogP contribution < -0.4 is 5.73 Å². The number of hydrogen-bond acceptors (Lipinski definition) is 2. The Hall–Kier alpha value is -0.900. The standard InChI is InChI=1S/C9H13F2NO/c1-6(9(2,10)11)8(12)7-4-3-5-13-7/h3-6,8H,12H2,1-2H3. The lowest BCUT2D eigenvalue weighted by atomic mass is 9.95. The fraction of sp³-hybridized carbons (Fsp3) is 0.556. The molecule has 0 spiro atoms. The number of furan rings is 1. The van der Waals surface area contributed by atoms with Crippen LogP contribution in [-0.2, 0) is 0 Å². The molecule has 2 N–H and O–H groups in total. The zero-order chi connectivity index (χ0) is 10.1. The summed E-state index contributed by atoms with van der Waals surface area (Å²) in [6, 6.07) is 2.48. The third-order valence-electron chi connectivity index (χ3n) is 2.21. The second-order valence-electron chi connectivity index (χ2n) is 3.29. The predicted molar refractivity (Wildman–Crippen MR) is 45.4 cm³/mol. The lowest BCUT2D eigenvalue weighted by molar-refractivity contribution is -0.0443. The third-order valence-corrected chi connectivity index (χ3v) is 2.21. The second-order valence-corrected chi connectivity index (χ2v) is 3.29. The van der Waals surface area contributed by atoms with Gasteiger partial charge in [0.15, 0.2) is 0 Å². The molecule has 0 saturated carbocycles. The van der Waals surface area contributed by atoms with Crippen molar-refractivity contribution in [3.8, 4) is 0 Å². The topological polar surface area (TPSA) is 39.2 Å². The van der Waals surface area contributed by atoms with Crippen molar-refractivity contribution in [2.45, 2.75) is 25.8 Å². The first-order chi connectivity index (χ1) is 5.93. The molecule has 1 heterocycles. The summed E-state index contributed by atoms with van der Waals surface area (Å²) in [7, 11) is 0. The molecule has 4 heteroatoms. The summed E-state index contributed by atoms with van der Waals surface area (Å²) in [5.41, 5.74) is 5.60. The molecule has 1 aromatic rings. The maximum absolute atomic E-state index is 12.8. The summed E-state index contributed by atoms with van der Waals surface area (Å²) in [4.78, 5) is 0. The van der Waals surface area contributed by atoms with E-state index in [-0.39, 0.29) is 0 Å². The Balaban J connectivity index is 2.74. The Morgan fingerprint density at radius 2 is 2.15 bits per heavy atom. The Morgan fingerprint density at radius 1 is 1.54 bits per heavy atom. The van der Waals surface area contributed by atoms with Crippen molar-refractivity contribution in [2.75, 3.05) is 0 Å². The summed E-state index contributed by atoms with van der Waals surface area (Å²) >= 11 is 0. The molecule has 2 atom stereocenters. The fourth-order valence-electron chi connectivity index (χ4n) is 1.04. The first kappa shape index (κ1) is 10.2. The van der Waals surface area contributed by atoms with Gasteiger partial charge in [-0.05, 0) is 19.1 Å². The highest BCUT2D eigenvalue weighted by atomic mass is 19.3. The van der Waals surface area contributed by atoms with E-state index >= 15 is 0 Å². The van der Waals surface area contributed by atoms with Gasteiger partial charge in [0.1, 0.15) is 5.76 Å². The van der Waals surface area contributed by atoms with Crippen LogP contribution in [0.25, 0.3) is 0 Å². The summed E-state index contributed by atoms with van der Waals surface area (Å²) in [6.45, 7) is 2.27. The van der Waals surface area contributed by atoms with E-state index in [0.29, 0.717) is 5.76 Å². The summed E-state index contributed by atoms with van der Waals surface area (Å²) in [5, 5.41) is 0. The average Bonchev–Trinajstić information content (AvgIpc) is 2.51. The van der Waals surface area contributed by atoms with Crippen LogP contribution in [0.5, 0.6) is 0 Å². The minimum atomic E-state index is -2.79. The van der Waals surface area contributed by atoms with Gasteiger partial charge < -0.3 is 10.2 Å². The van der Waals surface area contributed by atoms with Crippen molar-refractivity contribution >= 4 is 0 Å². The Bertz CT molecular complexity index is 253. The Morgan fingerprint density at radius 3 is 2.54 bits per heavy atom. The van der Waals surface area contributed by atoms with Crippen molar-refractivity contribution in [1.29, 1.82) is 0 Å². The first-order valence-corrected chi connectivity index (χ1v) is 4.09. The van der Waals surface area contributed by atoms with E-state index in [2.05, 4.69) is 0 Å². The highest BCUT2D eigenvalue weighted by molar-refractivity contribution is 5.05. The van der Waals surface area contributed by atoms with Gasteiger partial charge in [-0.3, -0.25) is 0 Å². The van der Waals surface area contributed by atoms with Crippen LogP contribution in [0.4, 0.5) is 8.78 Å². The first-order valence-electron chi connectivity index (χ1n) is 4.09. The number of nitrogens with two attached hydrogens (primary N) is 1. The van der Waals surface area contributed by atoms with E-state index in [1.807, 2.05) is 0 Å². The minimum Gasteiger partial charge on any atom is -0.468 e. The molecule has 2 unspecified atom stereocenters. The number of rotatable bonds is 3. The molecule has 1 rings (SSSR count). The SMILES string of the molecule is CC(C(N)c1ccco1)C(C)(F)F. The average molecular weight is 189 g/mol. The van der Waals surface area contributed by atoms with Crippen molar-refractivity contribution in [1.82, 2.24) is 0 Å². The van der Waals surface area contributed by atoms with Crippen LogP contribution in [-0.4, -0.2) is 5.92 Å². The molecule has 0 aliphatic carbocycles. The third kappa shape index (κ3) is 2.28. The molecule has 0 amide bonds. The molecule has 0 fully saturated rings. The van der Waals surface area contributed by atoms with Gasteiger partial charge in [0, 0.05) is 5.92 Å². The van der Waals surface area contributed by atoms with Crippen molar-refractivity contribution < 1.29 is 13.2 Å². The van der Waals surface area contributed by atoms with Crippen molar-refractivity contribution in [3.05, 3.63) is 24.2 Å². The zero-order valence-corrected chi connectivity index (χ0v) is 7.63. The number of halogens is 2. The largest absolute Gasteiger partial charge is 0.468 e. The van der Waals surface area contributed by atoms with E-state index in [1.165, 1.54) is 13.2 Å². The lowest BCUT2D eigenvalue weighted by Gasteiger charge is -2.23. The normalized spacial score (nSPS) is 17.0. The smallest absolute Gasteiger partial charge is 0.249 e. The van der Waals surface area contributed by atoms with Crippen molar-refractivity contribution in [3.63, 3.8) is 0 Å². The number of hydrogen-bond donors (Lipinski definition) is 1. The van der Waals surface area contributed by atoms with Gasteiger partial charge in [-0.25, -0.2) is 8.78 Å². The van der Waals surface area contributed by atoms with E-state index < -0.39 is 17.9 Å². The molecule has 0 aromatic carbocycles. The molecular formula is C9H13F2NO. The molecule has 0 saturated heterocycles. The van der Waals surface area contributed by atoms with E-state index in [9.17, 15) is 8.78 Å². The predicted octanol–water partition coefficient (Wildman–Crippen LogP) is 2.57. The van der Waals surface area contributed by atoms with Gasteiger partial charge in [-0.2, -0.15) is 0 Å². The van der Waals surface area contributed by atoms with Gasteiger partial charge in [0.25, 0.3) is 0 Å². The molecule has 0 radical (unpaired) electrons. The van der Waals surface area contributed by atoms with Crippen LogP contribution in [0, 0.1) is 5.92 Å². The summed E-state index contributed by atoms with van der Waals surface area (Å²) in [5.74, 6) is -3.32. The van der Waals surface area contributed by atoms with E-state index in [0.717, 1.165) is 6.92 Å². The molecule has 74 valence electrons. The monoisotopic (exact) mass is 189 g/mol. The van der Waals surface area contributed by atoms with Gasteiger partial charge in [0.2, 0.25) is 5.92 Å². The molecule has 0 bridgehead atoms. The number of alkyl halides is 2.